The lowest BCUT2D eigenvalue weighted by molar-refractivity contribution is -0.139. The van der Waals surface area contributed by atoms with E-state index in [9.17, 15) is 9.59 Å². The second-order valence-corrected chi connectivity index (χ2v) is 3.38. The molecule has 0 aromatic heterocycles. The predicted octanol–water partition coefficient (Wildman–Crippen LogP) is 3.45. The summed E-state index contributed by atoms with van der Waals surface area (Å²) in [5.41, 5.74) is 0. The summed E-state index contributed by atoms with van der Waals surface area (Å²) >= 11 is 0. The van der Waals surface area contributed by atoms with Gasteiger partial charge in [0.25, 0.3) is 0 Å². The number of unbranched alkanes of at least 4 members (excludes halogenated alkanes) is 1. The first-order valence-electron chi connectivity index (χ1n) is 5.46. The Balaban J connectivity index is 0. The van der Waals surface area contributed by atoms with Gasteiger partial charge in [0.05, 0.1) is 0 Å². The zero-order valence-corrected chi connectivity index (χ0v) is 10.1. The van der Waals surface area contributed by atoms with E-state index in [1.54, 1.807) is 0 Å². The molecule has 0 aliphatic rings. The molecule has 0 atom stereocenters. The fourth-order valence-corrected chi connectivity index (χ4v) is 0.970. The van der Waals surface area contributed by atoms with Crippen molar-refractivity contribution >= 4 is 12.1 Å². The van der Waals surface area contributed by atoms with Crippen molar-refractivity contribution in [2.75, 3.05) is 0 Å². The van der Waals surface area contributed by atoms with E-state index < -0.39 is 12.1 Å². The van der Waals surface area contributed by atoms with Crippen LogP contribution in [-0.4, -0.2) is 17.2 Å². The molecule has 0 aliphatic carbocycles. The molecule has 0 saturated heterocycles. The maximum atomic E-state index is 10.7. The number of hydrogen-bond acceptors (Lipinski definition) is 3. The third-order valence-corrected chi connectivity index (χ3v) is 1.61. The molecule has 0 bridgehead atoms. The van der Waals surface area contributed by atoms with E-state index in [2.05, 4.69) is 18.6 Å². The van der Waals surface area contributed by atoms with Crippen molar-refractivity contribution in [2.24, 2.45) is 5.92 Å². The van der Waals surface area contributed by atoms with Gasteiger partial charge in [-0.05, 0) is 12.3 Å². The Morgan fingerprint density at radius 3 is 2.13 bits per heavy atom. The van der Waals surface area contributed by atoms with E-state index in [4.69, 9.17) is 5.11 Å². The maximum absolute atomic E-state index is 10.7. The Kier molecular flexibility index (Phi) is 12.0. The minimum Gasteiger partial charge on any atom is -0.449 e. The molecular formula is C11H22O4. The first kappa shape index (κ1) is 16.4. The predicted molar refractivity (Wildman–Crippen MR) is 58.8 cm³/mol. The zero-order chi connectivity index (χ0) is 12.3. The lowest BCUT2D eigenvalue weighted by Crippen LogP contribution is -2.09. The second-order valence-electron chi connectivity index (χ2n) is 3.38. The average Bonchev–Trinajstić information content (AvgIpc) is 2.14. The van der Waals surface area contributed by atoms with E-state index in [1.807, 2.05) is 13.8 Å². The van der Waals surface area contributed by atoms with Crippen LogP contribution in [0, 0.1) is 5.92 Å². The molecule has 4 heteroatoms. The molecule has 0 amide bonds. The Bertz CT molecular complexity index is 175. The van der Waals surface area contributed by atoms with Gasteiger partial charge in [-0.2, -0.15) is 0 Å². The fourth-order valence-electron chi connectivity index (χ4n) is 0.970. The normalized spacial score (nSPS) is 9.13. The molecule has 0 spiro atoms. The molecule has 0 fully saturated rings. The standard InChI is InChI=1S/C9H16O4.C2H6/c1-7(2)5-3-4-6-8(10)13-9(11)12;1-2/h7H,3-6H2,1-2H3,(H,11,12);1-2H3. The summed E-state index contributed by atoms with van der Waals surface area (Å²) in [5, 5.41) is 8.09. The molecule has 0 unspecified atom stereocenters. The quantitative estimate of drug-likeness (QED) is 0.436. The van der Waals surface area contributed by atoms with Crippen molar-refractivity contribution in [1.29, 1.82) is 0 Å². The molecule has 0 radical (unpaired) electrons. The van der Waals surface area contributed by atoms with Crippen molar-refractivity contribution in [3.63, 3.8) is 0 Å². The van der Waals surface area contributed by atoms with Crippen molar-refractivity contribution in [1.82, 2.24) is 0 Å². The number of rotatable bonds is 5. The number of esters is 1. The van der Waals surface area contributed by atoms with Crippen LogP contribution in [0.5, 0.6) is 0 Å². The third kappa shape index (κ3) is 15.7. The summed E-state index contributed by atoms with van der Waals surface area (Å²) in [6.45, 7) is 8.21. The highest BCUT2D eigenvalue weighted by Crippen LogP contribution is 2.08. The van der Waals surface area contributed by atoms with Gasteiger partial charge in [0.1, 0.15) is 0 Å². The van der Waals surface area contributed by atoms with Crippen LogP contribution in [-0.2, 0) is 9.53 Å². The summed E-state index contributed by atoms with van der Waals surface area (Å²) < 4.78 is 3.93. The van der Waals surface area contributed by atoms with E-state index in [-0.39, 0.29) is 6.42 Å². The molecule has 90 valence electrons. The largest absolute Gasteiger partial charge is 0.513 e. The maximum Gasteiger partial charge on any atom is 0.513 e. The Morgan fingerprint density at radius 2 is 1.73 bits per heavy atom. The molecule has 0 aromatic rings. The number of carbonyl (C=O) groups is 2. The molecule has 15 heavy (non-hydrogen) atoms. The monoisotopic (exact) mass is 218 g/mol. The summed E-state index contributed by atoms with van der Waals surface area (Å²) in [6, 6.07) is 0. The number of carbonyl (C=O) groups excluding carboxylic acids is 1. The number of hydrogen-bond donors (Lipinski definition) is 1. The van der Waals surface area contributed by atoms with E-state index >= 15 is 0 Å². The lowest BCUT2D eigenvalue weighted by atomic mass is 10.1. The molecule has 1 N–H and O–H groups in total. The van der Waals surface area contributed by atoms with Crippen molar-refractivity contribution < 1.29 is 19.4 Å². The fraction of sp³-hybridized carbons (Fsp3) is 0.818. The Hall–Kier alpha value is -1.06. The average molecular weight is 218 g/mol. The van der Waals surface area contributed by atoms with Crippen molar-refractivity contribution in [3.05, 3.63) is 0 Å². The first-order valence-corrected chi connectivity index (χ1v) is 5.46. The Labute approximate surface area is 91.6 Å². The van der Waals surface area contributed by atoms with Crippen LogP contribution < -0.4 is 0 Å². The van der Waals surface area contributed by atoms with E-state index in [0.29, 0.717) is 12.3 Å². The Morgan fingerprint density at radius 1 is 1.20 bits per heavy atom. The molecule has 0 aliphatic heterocycles. The number of carboxylic acid groups (broad SMARTS) is 1. The van der Waals surface area contributed by atoms with Crippen LogP contribution in [0.4, 0.5) is 4.79 Å². The van der Waals surface area contributed by atoms with Gasteiger partial charge < -0.3 is 9.84 Å². The van der Waals surface area contributed by atoms with Gasteiger partial charge in [0, 0.05) is 6.42 Å². The van der Waals surface area contributed by atoms with Gasteiger partial charge in [-0.1, -0.05) is 40.5 Å². The van der Waals surface area contributed by atoms with E-state index in [1.165, 1.54) is 0 Å². The minimum absolute atomic E-state index is 0.193. The van der Waals surface area contributed by atoms with Crippen LogP contribution in [0.15, 0.2) is 0 Å². The molecular weight excluding hydrogens is 196 g/mol. The summed E-state index contributed by atoms with van der Waals surface area (Å²) in [6.07, 6.45) is 1.37. The van der Waals surface area contributed by atoms with Gasteiger partial charge >= 0.3 is 12.1 Å². The summed E-state index contributed by atoms with van der Waals surface area (Å²) in [5.74, 6) is -0.0354. The molecule has 4 nitrogen and oxygen atoms in total. The van der Waals surface area contributed by atoms with Gasteiger partial charge in [0.2, 0.25) is 0 Å². The van der Waals surface area contributed by atoms with Crippen LogP contribution >= 0.6 is 0 Å². The van der Waals surface area contributed by atoms with Crippen molar-refractivity contribution in [2.45, 2.75) is 53.4 Å². The van der Waals surface area contributed by atoms with E-state index in [0.717, 1.165) is 12.8 Å². The second kappa shape index (κ2) is 11.0. The molecule has 0 rings (SSSR count). The van der Waals surface area contributed by atoms with Crippen LogP contribution in [0.1, 0.15) is 53.4 Å². The summed E-state index contributed by atoms with van der Waals surface area (Å²) in [7, 11) is 0. The van der Waals surface area contributed by atoms with Gasteiger partial charge in [0.15, 0.2) is 0 Å². The van der Waals surface area contributed by atoms with Crippen molar-refractivity contribution in [3.8, 4) is 0 Å². The molecule has 0 aromatic carbocycles. The number of ether oxygens (including phenoxy) is 1. The highest BCUT2D eigenvalue weighted by Gasteiger charge is 2.07. The molecule has 0 saturated carbocycles. The van der Waals surface area contributed by atoms with Crippen LogP contribution in [0.3, 0.4) is 0 Å². The zero-order valence-electron chi connectivity index (χ0n) is 10.1. The van der Waals surface area contributed by atoms with Gasteiger partial charge in [-0.25, -0.2) is 4.79 Å². The highest BCUT2D eigenvalue weighted by atomic mass is 16.7. The lowest BCUT2D eigenvalue weighted by Gasteiger charge is -2.02. The van der Waals surface area contributed by atoms with Gasteiger partial charge in [-0.15, -0.1) is 0 Å². The van der Waals surface area contributed by atoms with Crippen LogP contribution in [0.2, 0.25) is 0 Å². The van der Waals surface area contributed by atoms with Gasteiger partial charge in [-0.3, -0.25) is 4.79 Å². The minimum atomic E-state index is -1.52. The van der Waals surface area contributed by atoms with Crippen LogP contribution in [0.25, 0.3) is 0 Å². The molecule has 0 heterocycles. The highest BCUT2D eigenvalue weighted by molar-refractivity contribution is 5.80. The third-order valence-electron chi connectivity index (χ3n) is 1.61. The SMILES string of the molecule is CC.CC(C)CCCCC(=O)OC(=O)O. The first-order chi connectivity index (χ1) is 7.02. The smallest absolute Gasteiger partial charge is 0.449 e. The summed E-state index contributed by atoms with van der Waals surface area (Å²) in [4.78, 5) is 20.6. The topological polar surface area (TPSA) is 63.6 Å².